The molecule has 0 aliphatic heterocycles. The van der Waals surface area contributed by atoms with Crippen molar-refractivity contribution in [3.63, 3.8) is 0 Å². The lowest BCUT2D eigenvalue weighted by Gasteiger charge is -2.16. The molecule has 1 aromatic heterocycles. The number of hydrogen-bond donors (Lipinski definition) is 1. The Hall–Kier alpha value is -0.590. The number of anilines is 2. The first-order valence-corrected chi connectivity index (χ1v) is 8.92. The van der Waals surface area contributed by atoms with Gasteiger partial charge in [0.25, 0.3) is 0 Å². The quantitative estimate of drug-likeness (QED) is 0.704. The highest BCUT2D eigenvalue weighted by atomic mass is 79.9. The van der Waals surface area contributed by atoms with E-state index in [1.165, 1.54) is 4.88 Å². The highest BCUT2D eigenvalue weighted by Gasteiger charge is 2.08. The number of thiazole rings is 1. The number of aromatic nitrogens is 1. The maximum Gasteiger partial charge on any atom is 0.185 e. The van der Waals surface area contributed by atoms with Crippen LogP contribution in [0.5, 0.6) is 0 Å². The van der Waals surface area contributed by atoms with E-state index in [2.05, 4.69) is 67.0 Å². The van der Waals surface area contributed by atoms with Gasteiger partial charge in [-0.1, -0.05) is 15.9 Å². The van der Waals surface area contributed by atoms with Crippen molar-refractivity contribution in [3.8, 4) is 0 Å². The molecule has 2 aromatic rings. The molecule has 0 saturated carbocycles. The van der Waals surface area contributed by atoms with E-state index in [0.717, 1.165) is 39.4 Å². The first-order valence-electron chi connectivity index (χ1n) is 6.52. The topological polar surface area (TPSA) is 28.2 Å². The van der Waals surface area contributed by atoms with E-state index in [0.29, 0.717) is 0 Å². The zero-order valence-corrected chi connectivity index (χ0v) is 15.5. The maximum absolute atomic E-state index is 4.49. The summed E-state index contributed by atoms with van der Waals surface area (Å²) in [6, 6.07) is 6.12. The molecular formula is C14H17Br2N3S. The number of nitrogens with zero attached hydrogens (tertiary/aromatic N) is 2. The third kappa shape index (κ3) is 3.96. The molecule has 0 bridgehead atoms. The van der Waals surface area contributed by atoms with Gasteiger partial charge in [-0.05, 0) is 48.0 Å². The Kier molecular flexibility index (Phi) is 5.86. The third-order valence-corrected chi connectivity index (χ3v) is 5.17. The standard InChI is InChI=1S/C14H17Br2N3S/c1-3-19(4-2)14-18-9-11(20-14)8-17-13-6-5-10(15)7-12(13)16/h5-7,9,17H,3-4,8H2,1-2H3. The molecule has 1 N–H and O–H groups in total. The number of rotatable bonds is 6. The average molecular weight is 419 g/mol. The number of nitrogens with one attached hydrogen (secondary N) is 1. The SMILES string of the molecule is CCN(CC)c1ncc(CNc2ccc(Br)cc2Br)s1. The van der Waals surface area contributed by atoms with E-state index in [-0.39, 0.29) is 0 Å². The first-order chi connectivity index (χ1) is 9.63. The van der Waals surface area contributed by atoms with Crippen LogP contribution in [0.1, 0.15) is 18.7 Å². The molecule has 0 unspecified atom stereocenters. The van der Waals surface area contributed by atoms with Crippen LogP contribution in [0.4, 0.5) is 10.8 Å². The van der Waals surface area contributed by atoms with E-state index >= 15 is 0 Å². The van der Waals surface area contributed by atoms with Gasteiger partial charge in [0.05, 0.1) is 6.54 Å². The van der Waals surface area contributed by atoms with Crippen LogP contribution >= 0.6 is 43.2 Å². The van der Waals surface area contributed by atoms with Gasteiger partial charge in [-0.15, -0.1) is 11.3 Å². The molecule has 2 rings (SSSR count). The number of halogens is 2. The molecule has 20 heavy (non-hydrogen) atoms. The van der Waals surface area contributed by atoms with Gasteiger partial charge >= 0.3 is 0 Å². The predicted octanol–water partition coefficient (Wildman–Crippen LogP) is 5.13. The Balaban J connectivity index is 2.00. The third-order valence-electron chi connectivity index (χ3n) is 2.96. The van der Waals surface area contributed by atoms with Crippen molar-refractivity contribution in [1.82, 2.24) is 4.98 Å². The molecular weight excluding hydrogens is 402 g/mol. The van der Waals surface area contributed by atoms with Crippen molar-refractivity contribution in [3.05, 3.63) is 38.2 Å². The van der Waals surface area contributed by atoms with Crippen molar-refractivity contribution >= 4 is 54.0 Å². The molecule has 0 amide bonds. The second-order valence-electron chi connectivity index (χ2n) is 4.26. The summed E-state index contributed by atoms with van der Waals surface area (Å²) >= 11 is 8.76. The largest absolute Gasteiger partial charge is 0.379 e. The first kappa shape index (κ1) is 15.8. The van der Waals surface area contributed by atoms with E-state index in [1.54, 1.807) is 11.3 Å². The summed E-state index contributed by atoms with van der Waals surface area (Å²) in [6.07, 6.45) is 1.96. The van der Waals surface area contributed by atoms with Crippen molar-refractivity contribution in [2.24, 2.45) is 0 Å². The molecule has 0 saturated heterocycles. The monoisotopic (exact) mass is 417 g/mol. The Morgan fingerprint density at radius 3 is 2.65 bits per heavy atom. The van der Waals surface area contributed by atoms with Crippen LogP contribution in [0.15, 0.2) is 33.3 Å². The van der Waals surface area contributed by atoms with Gasteiger partial charge in [0.1, 0.15) is 0 Å². The molecule has 0 aliphatic rings. The number of hydrogen-bond acceptors (Lipinski definition) is 4. The highest BCUT2D eigenvalue weighted by Crippen LogP contribution is 2.28. The van der Waals surface area contributed by atoms with Crippen molar-refractivity contribution in [2.45, 2.75) is 20.4 Å². The summed E-state index contributed by atoms with van der Waals surface area (Å²) in [6.45, 7) is 7.09. The number of benzene rings is 1. The van der Waals surface area contributed by atoms with Gasteiger partial charge in [0, 0.05) is 38.8 Å². The Bertz CT molecular complexity index is 567. The molecule has 3 nitrogen and oxygen atoms in total. The van der Waals surface area contributed by atoms with Gasteiger partial charge in [0.2, 0.25) is 0 Å². The van der Waals surface area contributed by atoms with Gasteiger partial charge in [-0.3, -0.25) is 0 Å². The van der Waals surface area contributed by atoms with E-state index in [9.17, 15) is 0 Å². The smallest absolute Gasteiger partial charge is 0.185 e. The summed E-state index contributed by atoms with van der Waals surface area (Å²) in [5.74, 6) is 0. The summed E-state index contributed by atoms with van der Waals surface area (Å²) in [5.41, 5.74) is 1.09. The van der Waals surface area contributed by atoms with Crippen molar-refractivity contribution < 1.29 is 0 Å². The molecule has 1 heterocycles. The minimum atomic E-state index is 0.791. The molecule has 0 aliphatic carbocycles. The lowest BCUT2D eigenvalue weighted by molar-refractivity contribution is 0.860. The van der Waals surface area contributed by atoms with E-state index in [1.807, 2.05) is 18.3 Å². The second-order valence-corrected chi connectivity index (χ2v) is 7.12. The summed E-state index contributed by atoms with van der Waals surface area (Å²) < 4.78 is 2.12. The summed E-state index contributed by atoms with van der Waals surface area (Å²) in [4.78, 5) is 8.00. The predicted molar refractivity (Wildman–Crippen MR) is 94.8 cm³/mol. The molecule has 108 valence electrons. The van der Waals surface area contributed by atoms with E-state index in [4.69, 9.17) is 0 Å². The normalized spacial score (nSPS) is 10.6. The van der Waals surface area contributed by atoms with Crippen LogP contribution in [0, 0.1) is 0 Å². The lowest BCUT2D eigenvalue weighted by atomic mass is 10.3. The Labute approximate surface area is 140 Å². The Morgan fingerprint density at radius 2 is 2.00 bits per heavy atom. The van der Waals surface area contributed by atoms with E-state index < -0.39 is 0 Å². The molecule has 0 fully saturated rings. The lowest BCUT2D eigenvalue weighted by Crippen LogP contribution is -2.21. The van der Waals surface area contributed by atoms with Gasteiger partial charge in [0.15, 0.2) is 5.13 Å². The maximum atomic E-state index is 4.49. The minimum absolute atomic E-state index is 0.791. The molecule has 1 aromatic carbocycles. The van der Waals surface area contributed by atoms with Crippen LogP contribution in [-0.4, -0.2) is 18.1 Å². The Morgan fingerprint density at radius 1 is 1.25 bits per heavy atom. The van der Waals surface area contributed by atoms with Crippen LogP contribution < -0.4 is 10.2 Å². The van der Waals surface area contributed by atoms with Crippen LogP contribution in [0.3, 0.4) is 0 Å². The van der Waals surface area contributed by atoms with Crippen molar-refractivity contribution in [2.75, 3.05) is 23.3 Å². The zero-order chi connectivity index (χ0) is 14.5. The van der Waals surface area contributed by atoms with Gasteiger partial charge in [-0.25, -0.2) is 4.98 Å². The molecule has 6 heteroatoms. The molecule has 0 radical (unpaired) electrons. The fourth-order valence-corrected chi connectivity index (χ4v) is 4.00. The van der Waals surface area contributed by atoms with Gasteiger partial charge in [-0.2, -0.15) is 0 Å². The van der Waals surface area contributed by atoms with Gasteiger partial charge < -0.3 is 10.2 Å². The fraction of sp³-hybridized carbons (Fsp3) is 0.357. The average Bonchev–Trinajstić information content (AvgIpc) is 2.88. The fourth-order valence-electron chi connectivity index (χ4n) is 1.83. The van der Waals surface area contributed by atoms with Crippen LogP contribution in [0.25, 0.3) is 0 Å². The second kappa shape index (κ2) is 7.43. The minimum Gasteiger partial charge on any atom is -0.379 e. The zero-order valence-electron chi connectivity index (χ0n) is 11.5. The molecule has 0 atom stereocenters. The summed E-state index contributed by atoms with van der Waals surface area (Å²) in [7, 11) is 0. The highest BCUT2D eigenvalue weighted by molar-refractivity contribution is 9.11. The van der Waals surface area contributed by atoms with Crippen LogP contribution in [-0.2, 0) is 6.54 Å². The van der Waals surface area contributed by atoms with Crippen molar-refractivity contribution in [1.29, 1.82) is 0 Å². The van der Waals surface area contributed by atoms with Crippen LogP contribution in [0.2, 0.25) is 0 Å². The molecule has 0 spiro atoms. The summed E-state index contributed by atoms with van der Waals surface area (Å²) in [5, 5.41) is 4.53.